The Bertz CT molecular complexity index is 505. The molecule has 0 spiro atoms. The van der Waals surface area contributed by atoms with Crippen molar-refractivity contribution in [1.29, 1.82) is 0 Å². The molecule has 3 heterocycles. The molecule has 100 valence electrons. The highest BCUT2D eigenvalue weighted by molar-refractivity contribution is 5.94. The molecule has 0 aliphatic carbocycles. The molecule has 2 aliphatic heterocycles. The molecule has 2 amide bonds. The largest absolute Gasteiger partial charge is 0.364 e. The molecule has 0 radical (unpaired) electrons. The molecule has 2 atom stereocenters. The summed E-state index contributed by atoms with van der Waals surface area (Å²) in [6.45, 7) is 1.14. The molecule has 3 rings (SSSR count). The summed E-state index contributed by atoms with van der Waals surface area (Å²) in [6, 6.07) is 3.44. The second kappa shape index (κ2) is 4.62. The minimum absolute atomic E-state index is 0.0306. The van der Waals surface area contributed by atoms with Gasteiger partial charge in [0.15, 0.2) is 0 Å². The van der Waals surface area contributed by atoms with E-state index in [0.29, 0.717) is 18.7 Å². The van der Waals surface area contributed by atoms with Crippen LogP contribution in [0.2, 0.25) is 0 Å². The first-order valence-corrected chi connectivity index (χ1v) is 6.23. The standard InChI is InChI=1S/C13H15N3O3/c1-15-10-6-16(7-11(10)19-8-12(15)17)13(18)9-3-2-4-14-5-9/h2-5,10-11H,6-8H2,1H3/t10-,11-/m0/s1. The molecule has 0 bridgehead atoms. The van der Waals surface area contributed by atoms with Gasteiger partial charge >= 0.3 is 0 Å². The van der Waals surface area contributed by atoms with E-state index in [9.17, 15) is 9.59 Å². The number of hydrogen-bond donors (Lipinski definition) is 0. The first-order valence-electron chi connectivity index (χ1n) is 6.23. The molecule has 2 fully saturated rings. The Morgan fingerprint density at radius 1 is 1.47 bits per heavy atom. The predicted molar refractivity (Wildman–Crippen MR) is 66.4 cm³/mol. The van der Waals surface area contributed by atoms with Gasteiger partial charge in [-0.25, -0.2) is 0 Å². The monoisotopic (exact) mass is 261 g/mol. The SMILES string of the molecule is CN1C(=O)CO[C@H]2CN(C(=O)c3cccnc3)C[C@@H]21. The van der Waals surface area contributed by atoms with Gasteiger partial charge in [0, 0.05) is 32.5 Å². The minimum Gasteiger partial charge on any atom is -0.364 e. The number of aromatic nitrogens is 1. The van der Waals surface area contributed by atoms with Crippen LogP contribution < -0.4 is 0 Å². The van der Waals surface area contributed by atoms with E-state index < -0.39 is 0 Å². The summed E-state index contributed by atoms with van der Waals surface area (Å²) in [7, 11) is 1.76. The fourth-order valence-electron chi connectivity index (χ4n) is 2.60. The van der Waals surface area contributed by atoms with Crippen LogP contribution >= 0.6 is 0 Å². The maximum absolute atomic E-state index is 12.3. The zero-order valence-electron chi connectivity index (χ0n) is 10.7. The average Bonchev–Trinajstić information content (AvgIpc) is 2.88. The number of likely N-dealkylation sites (N-methyl/N-ethyl adjacent to an activating group) is 1. The van der Waals surface area contributed by atoms with Crippen molar-refractivity contribution in [2.24, 2.45) is 0 Å². The van der Waals surface area contributed by atoms with Crippen LogP contribution in [0.5, 0.6) is 0 Å². The Morgan fingerprint density at radius 2 is 2.32 bits per heavy atom. The third kappa shape index (κ3) is 2.08. The van der Waals surface area contributed by atoms with Gasteiger partial charge < -0.3 is 14.5 Å². The number of nitrogens with zero attached hydrogens (tertiary/aromatic N) is 3. The first-order chi connectivity index (χ1) is 9.16. The van der Waals surface area contributed by atoms with Gasteiger partial charge in [0.05, 0.1) is 17.7 Å². The Labute approximate surface area is 111 Å². The highest BCUT2D eigenvalue weighted by Gasteiger charge is 2.43. The Morgan fingerprint density at radius 3 is 3.05 bits per heavy atom. The number of likely N-dealkylation sites (tertiary alicyclic amines) is 1. The highest BCUT2D eigenvalue weighted by Crippen LogP contribution is 2.23. The molecular weight excluding hydrogens is 246 g/mol. The maximum atomic E-state index is 12.3. The lowest BCUT2D eigenvalue weighted by molar-refractivity contribution is -0.150. The predicted octanol–water partition coefficient (Wildman–Crippen LogP) is -0.237. The maximum Gasteiger partial charge on any atom is 0.255 e. The van der Waals surface area contributed by atoms with Crippen LogP contribution in [0.3, 0.4) is 0 Å². The van der Waals surface area contributed by atoms with Gasteiger partial charge in [0.1, 0.15) is 6.61 Å². The van der Waals surface area contributed by atoms with Gasteiger partial charge in [-0.15, -0.1) is 0 Å². The molecule has 0 saturated carbocycles. The van der Waals surface area contributed by atoms with Gasteiger partial charge in [-0.2, -0.15) is 0 Å². The lowest BCUT2D eigenvalue weighted by atomic mass is 10.1. The number of fused-ring (bicyclic) bond motifs is 1. The van der Waals surface area contributed by atoms with Crippen molar-refractivity contribution in [3.63, 3.8) is 0 Å². The Hall–Kier alpha value is -1.95. The summed E-state index contributed by atoms with van der Waals surface area (Å²) in [5.74, 6) is -0.0936. The summed E-state index contributed by atoms with van der Waals surface area (Å²) in [6.07, 6.45) is 3.11. The molecule has 1 aromatic rings. The number of carbonyl (C=O) groups excluding carboxylic acids is 2. The quantitative estimate of drug-likeness (QED) is 0.700. The third-order valence-electron chi connectivity index (χ3n) is 3.74. The smallest absolute Gasteiger partial charge is 0.255 e. The second-order valence-electron chi connectivity index (χ2n) is 4.87. The normalized spacial score (nSPS) is 26.5. The van der Waals surface area contributed by atoms with Crippen LogP contribution in [-0.2, 0) is 9.53 Å². The third-order valence-corrected chi connectivity index (χ3v) is 3.74. The van der Waals surface area contributed by atoms with E-state index in [4.69, 9.17) is 4.74 Å². The summed E-state index contributed by atoms with van der Waals surface area (Å²) in [5, 5.41) is 0. The van der Waals surface area contributed by atoms with Gasteiger partial charge in [-0.3, -0.25) is 14.6 Å². The van der Waals surface area contributed by atoms with Crippen molar-refractivity contribution in [3.05, 3.63) is 30.1 Å². The van der Waals surface area contributed by atoms with Crippen LogP contribution in [0.4, 0.5) is 0 Å². The molecule has 2 aliphatic rings. The molecular formula is C13H15N3O3. The van der Waals surface area contributed by atoms with Crippen molar-refractivity contribution in [1.82, 2.24) is 14.8 Å². The first kappa shape index (κ1) is 12.1. The number of carbonyl (C=O) groups is 2. The second-order valence-corrected chi connectivity index (χ2v) is 4.87. The Kier molecular flexibility index (Phi) is 2.94. The number of hydrogen-bond acceptors (Lipinski definition) is 4. The van der Waals surface area contributed by atoms with Crippen molar-refractivity contribution in [2.75, 3.05) is 26.7 Å². The Balaban J connectivity index is 1.75. The molecule has 2 saturated heterocycles. The minimum atomic E-state index is -0.0803. The van der Waals surface area contributed by atoms with Crippen molar-refractivity contribution >= 4 is 11.8 Å². The fourth-order valence-corrected chi connectivity index (χ4v) is 2.60. The van der Waals surface area contributed by atoms with E-state index in [1.807, 2.05) is 0 Å². The van der Waals surface area contributed by atoms with Gasteiger partial charge in [0.2, 0.25) is 5.91 Å². The van der Waals surface area contributed by atoms with Crippen LogP contribution in [0.25, 0.3) is 0 Å². The zero-order valence-corrected chi connectivity index (χ0v) is 10.7. The van der Waals surface area contributed by atoms with Crippen LogP contribution in [0.15, 0.2) is 24.5 Å². The summed E-state index contributed by atoms with van der Waals surface area (Å²) in [4.78, 5) is 31.2. The number of rotatable bonds is 1. The van der Waals surface area contributed by atoms with Crippen LogP contribution in [-0.4, -0.2) is 65.5 Å². The number of ether oxygens (including phenoxy) is 1. The lowest BCUT2D eigenvalue weighted by Gasteiger charge is -2.33. The molecule has 6 heteroatoms. The molecule has 0 N–H and O–H groups in total. The summed E-state index contributed by atoms with van der Waals surface area (Å²) in [5.41, 5.74) is 0.565. The molecule has 0 aromatic carbocycles. The number of morpholine rings is 1. The van der Waals surface area contributed by atoms with E-state index in [1.54, 1.807) is 41.4 Å². The van der Waals surface area contributed by atoms with Gasteiger partial charge in [-0.05, 0) is 12.1 Å². The molecule has 6 nitrogen and oxygen atoms in total. The fraction of sp³-hybridized carbons (Fsp3) is 0.462. The molecule has 1 aromatic heterocycles. The number of amides is 2. The van der Waals surface area contributed by atoms with Crippen molar-refractivity contribution in [3.8, 4) is 0 Å². The summed E-state index contributed by atoms with van der Waals surface area (Å²) >= 11 is 0. The van der Waals surface area contributed by atoms with Crippen LogP contribution in [0.1, 0.15) is 10.4 Å². The lowest BCUT2D eigenvalue weighted by Crippen LogP contribution is -2.51. The highest BCUT2D eigenvalue weighted by atomic mass is 16.5. The van der Waals surface area contributed by atoms with E-state index >= 15 is 0 Å². The number of pyridine rings is 1. The topological polar surface area (TPSA) is 62.7 Å². The van der Waals surface area contributed by atoms with E-state index in [-0.39, 0.29) is 30.6 Å². The van der Waals surface area contributed by atoms with E-state index in [0.717, 1.165) is 0 Å². The van der Waals surface area contributed by atoms with Crippen molar-refractivity contribution in [2.45, 2.75) is 12.1 Å². The van der Waals surface area contributed by atoms with Crippen LogP contribution in [0, 0.1) is 0 Å². The summed E-state index contributed by atoms with van der Waals surface area (Å²) < 4.78 is 5.50. The van der Waals surface area contributed by atoms with Crippen molar-refractivity contribution < 1.29 is 14.3 Å². The van der Waals surface area contributed by atoms with Gasteiger partial charge in [0.25, 0.3) is 5.91 Å². The van der Waals surface area contributed by atoms with Gasteiger partial charge in [-0.1, -0.05) is 0 Å². The molecule has 0 unspecified atom stereocenters. The average molecular weight is 261 g/mol. The van der Waals surface area contributed by atoms with E-state index in [1.165, 1.54) is 0 Å². The molecule has 19 heavy (non-hydrogen) atoms. The van der Waals surface area contributed by atoms with E-state index in [2.05, 4.69) is 4.98 Å². The zero-order chi connectivity index (χ0) is 13.4.